The lowest BCUT2D eigenvalue weighted by atomic mass is 9.86. The van der Waals surface area contributed by atoms with E-state index in [9.17, 15) is 41.1 Å². The van der Waals surface area contributed by atoms with Crippen molar-refractivity contribution in [2.24, 2.45) is 11.8 Å². The van der Waals surface area contributed by atoms with Gasteiger partial charge in [-0.25, -0.2) is 13.2 Å². The van der Waals surface area contributed by atoms with Gasteiger partial charge in [-0.1, -0.05) is 6.07 Å². The van der Waals surface area contributed by atoms with E-state index >= 15 is 0 Å². The SMILES string of the molecule is CCn1cc(S(=O)(=O)N2C[C@H]([C@@H](CC(=O)C(C)(C)O)C3CC3)Oc3ccc(CC(=O)OC(C)(C)C(F)(F)F)cc32)c(OCC(=O)OC)n1. The van der Waals surface area contributed by atoms with E-state index in [0.29, 0.717) is 0 Å². The van der Waals surface area contributed by atoms with E-state index in [-0.39, 0.29) is 48.3 Å². The summed E-state index contributed by atoms with van der Waals surface area (Å²) in [5.41, 5.74) is -4.28. The van der Waals surface area contributed by atoms with Crippen LogP contribution < -0.4 is 13.8 Å². The molecule has 2 atom stereocenters. The van der Waals surface area contributed by atoms with Crippen LogP contribution >= 0.6 is 0 Å². The number of ether oxygens (including phenoxy) is 4. The number of Topliss-reactive ketones (excluding diaryl/α,β-unsaturated/α-hetero) is 1. The number of nitrogens with zero attached hydrogens (tertiary/aromatic N) is 3. The van der Waals surface area contributed by atoms with E-state index in [0.717, 1.165) is 38.1 Å². The predicted octanol–water partition coefficient (Wildman–Crippen LogP) is 3.59. The molecule has 4 rings (SSSR count). The van der Waals surface area contributed by atoms with Crippen molar-refractivity contribution < 1.29 is 60.0 Å². The molecule has 48 heavy (non-hydrogen) atoms. The Balaban J connectivity index is 1.76. The number of methoxy groups -OCH3 is 1. The zero-order valence-electron chi connectivity index (χ0n) is 27.5. The predicted molar refractivity (Wildman–Crippen MR) is 163 cm³/mol. The number of alkyl halides is 3. The van der Waals surface area contributed by atoms with Crippen LogP contribution in [0.1, 0.15) is 59.4 Å². The van der Waals surface area contributed by atoms with E-state index in [1.54, 1.807) is 6.92 Å². The van der Waals surface area contributed by atoms with Gasteiger partial charge in [0.25, 0.3) is 15.9 Å². The quantitative estimate of drug-likeness (QED) is 0.286. The van der Waals surface area contributed by atoms with Crippen LogP contribution in [0.3, 0.4) is 0 Å². The van der Waals surface area contributed by atoms with Crippen LogP contribution in [0, 0.1) is 11.8 Å². The Hall–Kier alpha value is -3.86. The lowest BCUT2D eigenvalue weighted by molar-refractivity contribution is -0.257. The number of sulfonamides is 1. The van der Waals surface area contributed by atoms with Crippen LogP contribution in [0.2, 0.25) is 0 Å². The molecular weight excluding hydrogens is 663 g/mol. The highest BCUT2D eigenvalue weighted by Gasteiger charge is 2.51. The molecule has 1 aromatic carbocycles. The lowest BCUT2D eigenvalue weighted by Gasteiger charge is -2.39. The number of hydrogen-bond donors (Lipinski definition) is 1. The van der Waals surface area contributed by atoms with E-state index < -0.39 is 75.1 Å². The Kier molecular flexibility index (Phi) is 10.4. The van der Waals surface area contributed by atoms with Gasteiger partial charge in [0.15, 0.2) is 17.3 Å². The molecule has 0 spiro atoms. The Morgan fingerprint density at radius 3 is 2.35 bits per heavy atom. The number of rotatable bonds is 14. The molecule has 2 aliphatic rings. The molecule has 266 valence electrons. The molecule has 1 saturated carbocycles. The number of hydrogen-bond acceptors (Lipinski definition) is 11. The molecule has 1 aromatic heterocycles. The molecule has 13 nitrogen and oxygen atoms in total. The number of aryl methyl sites for hydroxylation is 1. The second-order valence-corrected chi connectivity index (χ2v) is 14.7. The average Bonchev–Trinajstić information content (AvgIpc) is 3.74. The molecule has 0 unspecified atom stereocenters. The minimum absolute atomic E-state index is 0.0280. The molecule has 2 heterocycles. The van der Waals surface area contributed by atoms with Crippen molar-refractivity contribution in [1.29, 1.82) is 0 Å². The first kappa shape index (κ1) is 37.0. The number of fused-ring (bicyclic) bond motifs is 1. The number of halogens is 3. The van der Waals surface area contributed by atoms with E-state index in [4.69, 9.17) is 14.2 Å². The summed E-state index contributed by atoms with van der Waals surface area (Å²) in [5.74, 6) is -3.16. The van der Waals surface area contributed by atoms with E-state index in [1.807, 2.05) is 0 Å². The number of aliphatic hydroxyl groups is 1. The summed E-state index contributed by atoms with van der Waals surface area (Å²) in [6, 6.07) is 4.10. The summed E-state index contributed by atoms with van der Waals surface area (Å²) in [6.45, 7) is 5.19. The van der Waals surface area contributed by atoms with Gasteiger partial charge in [-0.3, -0.25) is 18.6 Å². The maximum atomic E-state index is 14.5. The Morgan fingerprint density at radius 1 is 1.12 bits per heavy atom. The average molecular weight is 704 g/mol. The Morgan fingerprint density at radius 2 is 1.79 bits per heavy atom. The maximum Gasteiger partial charge on any atom is 0.427 e. The largest absolute Gasteiger partial charge is 0.486 e. The minimum Gasteiger partial charge on any atom is -0.486 e. The molecule has 0 radical (unpaired) electrons. The van der Waals surface area contributed by atoms with E-state index in [1.165, 1.54) is 42.9 Å². The van der Waals surface area contributed by atoms with Crippen LogP contribution in [0.5, 0.6) is 11.6 Å². The van der Waals surface area contributed by atoms with Gasteiger partial charge in [-0.05, 0) is 71.1 Å². The smallest absolute Gasteiger partial charge is 0.427 e. The van der Waals surface area contributed by atoms with E-state index in [2.05, 4.69) is 9.84 Å². The molecule has 1 fully saturated rings. The summed E-state index contributed by atoms with van der Waals surface area (Å²) >= 11 is 0. The monoisotopic (exact) mass is 703 g/mol. The highest BCUT2D eigenvalue weighted by atomic mass is 32.2. The zero-order chi connectivity index (χ0) is 35.8. The number of esters is 2. The molecule has 0 bridgehead atoms. The van der Waals surface area contributed by atoms with Crippen molar-refractivity contribution in [3.8, 4) is 11.6 Å². The Bertz CT molecular complexity index is 1650. The third-order valence-electron chi connectivity index (χ3n) is 8.27. The van der Waals surface area contributed by atoms with Gasteiger partial charge in [0.1, 0.15) is 17.5 Å². The van der Waals surface area contributed by atoms with Crippen LogP contribution in [-0.2, 0) is 46.8 Å². The second-order valence-electron chi connectivity index (χ2n) is 12.9. The fourth-order valence-corrected chi connectivity index (χ4v) is 6.70. The lowest BCUT2D eigenvalue weighted by Crippen LogP contribution is -2.48. The number of ketones is 1. The number of aromatic nitrogens is 2. The van der Waals surface area contributed by atoms with Gasteiger partial charge < -0.3 is 24.1 Å². The number of benzene rings is 1. The highest BCUT2D eigenvalue weighted by molar-refractivity contribution is 7.93. The molecule has 17 heteroatoms. The van der Waals surface area contributed by atoms with Gasteiger partial charge in [0.05, 0.1) is 25.8 Å². The number of carbonyl (C=O) groups is 3. The van der Waals surface area contributed by atoms with Crippen LogP contribution in [0.15, 0.2) is 29.3 Å². The van der Waals surface area contributed by atoms with Crippen molar-refractivity contribution in [2.45, 2.75) is 95.2 Å². The number of carbonyl (C=O) groups excluding carboxylic acids is 3. The Labute approximate surface area is 276 Å². The van der Waals surface area contributed by atoms with Crippen LogP contribution in [0.4, 0.5) is 18.9 Å². The summed E-state index contributed by atoms with van der Waals surface area (Å²) in [4.78, 5) is 36.9. The van der Waals surface area contributed by atoms with Gasteiger partial charge in [0, 0.05) is 25.1 Å². The summed E-state index contributed by atoms with van der Waals surface area (Å²) < 4.78 is 92.3. The standard InChI is InChI=1S/C31H40F3N3O10S/c1-7-36-16-24(28(35-36)45-17-27(40)44-6)48(42,43)37-15-23(20(19-9-10-19)14-25(38)29(2,3)41)46-22-11-8-18(12-21(22)37)13-26(39)47-30(4,5)31(32,33)34/h8,11-12,16,19-20,23,41H,7,9-10,13-15,17H2,1-6H3/t20-,23+/m0/s1. The van der Waals surface area contributed by atoms with Gasteiger partial charge in [-0.15, -0.1) is 5.10 Å². The van der Waals surface area contributed by atoms with Gasteiger partial charge >= 0.3 is 18.1 Å². The molecule has 2 aromatic rings. The molecule has 1 aliphatic heterocycles. The first-order valence-electron chi connectivity index (χ1n) is 15.3. The first-order valence-corrected chi connectivity index (χ1v) is 16.8. The number of anilines is 1. The molecule has 0 saturated heterocycles. The summed E-state index contributed by atoms with van der Waals surface area (Å²) in [6.07, 6.45) is -3.61. The molecule has 1 aliphatic carbocycles. The van der Waals surface area contributed by atoms with Crippen molar-refractivity contribution in [3.05, 3.63) is 30.0 Å². The minimum atomic E-state index is -4.83. The van der Waals surface area contributed by atoms with Gasteiger partial charge in [0.2, 0.25) is 5.60 Å². The maximum absolute atomic E-state index is 14.5. The normalized spacial score (nSPS) is 17.6. The second kappa shape index (κ2) is 13.6. The molecule has 1 N–H and O–H groups in total. The molecular formula is C31H40F3N3O10S. The fraction of sp³-hybridized carbons (Fsp3) is 0.613. The topological polar surface area (TPSA) is 164 Å². The van der Waals surface area contributed by atoms with Crippen LogP contribution in [0.25, 0.3) is 0 Å². The fourth-order valence-electron chi connectivity index (χ4n) is 5.14. The third kappa shape index (κ3) is 8.22. The van der Waals surface area contributed by atoms with Gasteiger partial charge in [-0.2, -0.15) is 13.2 Å². The van der Waals surface area contributed by atoms with Crippen molar-refractivity contribution in [3.63, 3.8) is 0 Å². The van der Waals surface area contributed by atoms with Crippen molar-refractivity contribution in [1.82, 2.24) is 9.78 Å². The zero-order valence-corrected chi connectivity index (χ0v) is 28.3. The van der Waals surface area contributed by atoms with Crippen molar-refractivity contribution in [2.75, 3.05) is 24.6 Å². The first-order chi connectivity index (χ1) is 22.2. The highest BCUT2D eigenvalue weighted by Crippen LogP contribution is 2.47. The third-order valence-corrected chi connectivity index (χ3v) is 10.0. The molecule has 0 amide bonds. The summed E-state index contributed by atoms with van der Waals surface area (Å²) in [5, 5.41) is 14.5. The summed E-state index contributed by atoms with van der Waals surface area (Å²) in [7, 11) is -3.44. The van der Waals surface area contributed by atoms with Crippen molar-refractivity contribution >= 4 is 33.4 Å². The van der Waals surface area contributed by atoms with Crippen LogP contribution in [-0.4, -0.2) is 84.8 Å².